The van der Waals surface area contributed by atoms with Gasteiger partial charge in [0.1, 0.15) is 0 Å². The maximum Gasteiger partial charge on any atom is 0.00886 e. The lowest BCUT2D eigenvalue weighted by Gasteiger charge is -2.16. The summed E-state index contributed by atoms with van der Waals surface area (Å²) in [5.41, 5.74) is 0. The summed E-state index contributed by atoms with van der Waals surface area (Å²) in [5.74, 6) is 5.41. The van der Waals surface area contributed by atoms with Crippen LogP contribution < -0.4 is 0 Å². The van der Waals surface area contributed by atoms with Crippen LogP contribution in [0.1, 0.15) is 85.5 Å². The van der Waals surface area contributed by atoms with E-state index in [0.29, 0.717) is 0 Å². The van der Waals surface area contributed by atoms with Gasteiger partial charge in [0.05, 0.1) is 0 Å². The molecule has 0 fully saturated rings. The second-order valence-corrected chi connectivity index (χ2v) is 6.38. The van der Waals surface area contributed by atoms with Gasteiger partial charge in [0.2, 0.25) is 0 Å². The molecule has 0 aliphatic rings. The standard InChI is InChI=1S/C18H34/c1-6-8-14-18(7-2)15-10-13-17(5)12-9-11-16(3)4/h1,16-18H,7-15H2,2-5H3. The highest BCUT2D eigenvalue weighted by atomic mass is 14.1. The number of hydrogen-bond acceptors (Lipinski definition) is 0. The van der Waals surface area contributed by atoms with Crippen LogP contribution in [0.15, 0.2) is 0 Å². The minimum Gasteiger partial charge on any atom is -0.120 e. The second kappa shape index (κ2) is 11.6. The molecule has 0 nitrogen and oxygen atoms in total. The van der Waals surface area contributed by atoms with Crippen molar-refractivity contribution >= 4 is 0 Å². The zero-order chi connectivity index (χ0) is 13.8. The minimum absolute atomic E-state index is 0.865. The van der Waals surface area contributed by atoms with Crippen LogP contribution in [0.4, 0.5) is 0 Å². The first-order chi connectivity index (χ1) is 8.60. The molecule has 0 aliphatic heterocycles. The molecule has 0 aromatic carbocycles. The molecule has 0 saturated heterocycles. The molecule has 0 aliphatic carbocycles. The summed E-state index contributed by atoms with van der Waals surface area (Å²) in [4.78, 5) is 0. The Morgan fingerprint density at radius 3 is 2.00 bits per heavy atom. The highest BCUT2D eigenvalue weighted by Gasteiger charge is 2.08. The average Bonchev–Trinajstić information content (AvgIpc) is 2.33. The van der Waals surface area contributed by atoms with E-state index < -0.39 is 0 Å². The van der Waals surface area contributed by atoms with E-state index in [1.807, 2.05) is 0 Å². The summed E-state index contributed by atoms with van der Waals surface area (Å²) in [6, 6.07) is 0. The van der Waals surface area contributed by atoms with E-state index in [4.69, 9.17) is 6.42 Å². The van der Waals surface area contributed by atoms with Crippen molar-refractivity contribution in [3.8, 4) is 12.3 Å². The molecule has 0 bridgehead atoms. The third-order valence-corrected chi connectivity index (χ3v) is 4.06. The molecule has 0 heteroatoms. The Morgan fingerprint density at radius 1 is 0.889 bits per heavy atom. The maximum absolute atomic E-state index is 5.34. The van der Waals surface area contributed by atoms with Crippen LogP contribution in [0, 0.1) is 30.1 Å². The van der Waals surface area contributed by atoms with Gasteiger partial charge in [-0.05, 0) is 24.2 Å². The fraction of sp³-hybridized carbons (Fsp3) is 0.889. The van der Waals surface area contributed by atoms with E-state index in [-0.39, 0.29) is 0 Å². The van der Waals surface area contributed by atoms with Crippen LogP contribution in [0.3, 0.4) is 0 Å². The molecule has 2 atom stereocenters. The fourth-order valence-corrected chi connectivity index (χ4v) is 2.61. The van der Waals surface area contributed by atoms with Gasteiger partial charge >= 0.3 is 0 Å². The summed E-state index contributed by atoms with van der Waals surface area (Å²) in [7, 11) is 0. The first kappa shape index (κ1) is 17.6. The van der Waals surface area contributed by atoms with E-state index in [0.717, 1.165) is 24.2 Å². The van der Waals surface area contributed by atoms with Gasteiger partial charge in [0.15, 0.2) is 0 Å². The first-order valence-corrected chi connectivity index (χ1v) is 8.03. The summed E-state index contributed by atoms with van der Waals surface area (Å²) in [6.07, 6.45) is 17.2. The van der Waals surface area contributed by atoms with Crippen molar-refractivity contribution in [1.82, 2.24) is 0 Å². The number of rotatable bonds is 11. The lowest BCUT2D eigenvalue weighted by atomic mass is 9.90. The van der Waals surface area contributed by atoms with Gasteiger partial charge in [-0.1, -0.05) is 72.6 Å². The van der Waals surface area contributed by atoms with Crippen molar-refractivity contribution in [3.63, 3.8) is 0 Å². The molecule has 0 N–H and O–H groups in total. The third kappa shape index (κ3) is 10.7. The Bertz CT molecular complexity index is 209. The summed E-state index contributed by atoms with van der Waals surface area (Å²) in [5, 5.41) is 0. The van der Waals surface area contributed by atoms with E-state index in [1.54, 1.807) is 0 Å². The Morgan fingerprint density at radius 2 is 1.50 bits per heavy atom. The highest BCUT2D eigenvalue weighted by Crippen LogP contribution is 2.22. The predicted molar refractivity (Wildman–Crippen MR) is 83.6 cm³/mol. The van der Waals surface area contributed by atoms with Crippen molar-refractivity contribution in [2.75, 3.05) is 0 Å². The van der Waals surface area contributed by atoms with E-state index in [2.05, 4.69) is 33.6 Å². The van der Waals surface area contributed by atoms with Crippen LogP contribution >= 0.6 is 0 Å². The minimum atomic E-state index is 0.865. The smallest absolute Gasteiger partial charge is 0.00886 e. The van der Waals surface area contributed by atoms with Crippen LogP contribution in [-0.4, -0.2) is 0 Å². The van der Waals surface area contributed by atoms with Crippen molar-refractivity contribution < 1.29 is 0 Å². The normalized spacial score (nSPS) is 14.4. The monoisotopic (exact) mass is 250 g/mol. The molecule has 106 valence electrons. The molecule has 0 spiro atoms. The topological polar surface area (TPSA) is 0 Å². The molecular formula is C18H34. The Labute approximate surface area is 116 Å². The molecule has 0 heterocycles. The Kier molecular flexibility index (Phi) is 11.4. The quantitative estimate of drug-likeness (QED) is 0.391. The van der Waals surface area contributed by atoms with Crippen molar-refractivity contribution in [3.05, 3.63) is 0 Å². The van der Waals surface area contributed by atoms with Gasteiger partial charge < -0.3 is 0 Å². The molecule has 2 unspecified atom stereocenters. The summed E-state index contributed by atoms with van der Waals surface area (Å²) >= 11 is 0. The Balaban J connectivity index is 3.53. The number of terminal acetylenes is 1. The second-order valence-electron chi connectivity index (χ2n) is 6.38. The molecule has 0 aromatic rings. The van der Waals surface area contributed by atoms with Crippen molar-refractivity contribution in [2.24, 2.45) is 17.8 Å². The van der Waals surface area contributed by atoms with Gasteiger partial charge in [-0.3, -0.25) is 0 Å². The van der Waals surface area contributed by atoms with Crippen molar-refractivity contribution in [1.29, 1.82) is 0 Å². The molecule has 0 aromatic heterocycles. The van der Waals surface area contributed by atoms with Crippen LogP contribution in [0.25, 0.3) is 0 Å². The largest absolute Gasteiger partial charge is 0.120 e. The van der Waals surface area contributed by atoms with Gasteiger partial charge in [0.25, 0.3) is 0 Å². The van der Waals surface area contributed by atoms with E-state index in [1.165, 1.54) is 51.4 Å². The Hall–Kier alpha value is -0.440. The summed E-state index contributed by atoms with van der Waals surface area (Å²) in [6.45, 7) is 9.36. The van der Waals surface area contributed by atoms with Gasteiger partial charge in [-0.25, -0.2) is 0 Å². The van der Waals surface area contributed by atoms with E-state index in [9.17, 15) is 0 Å². The van der Waals surface area contributed by atoms with Crippen LogP contribution in [-0.2, 0) is 0 Å². The zero-order valence-corrected chi connectivity index (χ0v) is 13.2. The lowest BCUT2D eigenvalue weighted by Crippen LogP contribution is -2.01. The van der Waals surface area contributed by atoms with Crippen LogP contribution in [0.2, 0.25) is 0 Å². The molecular weight excluding hydrogens is 216 g/mol. The zero-order valence-electron chi connectivity index (χ0n) is 13.2. The number of hydrogen-bond donors (Lipinski definition) is 0. The van der Waals surface area contributed by atoms with E-state index >= 15 is 0 Å². The van der Waals surface area contributed by atoms with Crippen LogP contribution in [0.5, 0.6) is 0 Å². The SMILES string of the molecule is C#CCCC(CC)CCCC(C)CCCC(C)C. The predicted octanol–water partition coefficient (Wildman–Crippen LogP) is 6.06. The summed E-state index contributed by atoms with van der Waals surface area (Å²) < 4.78 is 0. The molecule has 0 rings (SSSR count). The third-order valence-electron chi connectivity index (χ3n) is 4.06. The van der Waals surface area contributed by atoms with Gasteiger partial charge in [-0.15, -0.1) is 12.3 Å². The van der Waals surface area contributed by atoms with Gasteiger partial charge in [0, 0.05) is 6.42 Å². The first-order valence-electron chi connectivity index (χ1n) is 8.03. The molecule has 0 radical (unpaired) electrons. The fourth-order valence-electron chi connectivity index (χ4n) is 2.61. The van der Waals surface area contributed by atoms with Gasteiger partial charge in [-0.2, -0.15) is 0 Å². The molecule has 18 heavy (non-hydrogen) atoms. The average molecular weight is 250 g/mol. The van der Waals surface area contributed by atoms with Crippen molar-refractivity contribution in [2.45, 2.75) is 85.5 Å². The lowest BCUT2D eigenvalue weighted by molar-refractivity contribution is 0.376. The molecule has 0 saturated carbocycles. The molecule has 0 amide bonds. The maximum atomic E-state index is 5.34. The highest BCUT2D eigenvalue weighted by molar-refractivity contribution is 4.84.